The Balaban J connectivity index is 1.59. The fourth-order valence-corrected chi connectivity index (χ4v) is 4.83. The van der Waals surface area contributed by atoms with Gasteiger partial charge in [-0.15, -0.1) is 11.8 Å². The molecule has 2 aliphatic rings. The molecule has 124 valence electrons. The lowest BCUT2D eigenvalue weighted by Gasteiger charge is -2.31. The molecule has 1 saturated heterocycles. The Labute approximate surface area is 144 Å². The number of esters is 1. The average molecular weight is 343 g/mol. The SMILES string of the molecule is COC(=O)[C@H]1C[NH+](CN2C(=O)c3cccc4cccc2c34)CCS1. The Kier molecular flexibility index (Phi) is 3.94. The molecule has 1 amide bonds. The first-order valence-electron chi connectivity index (χ1n) is 8.05. The maximum Gasteiger partial charge on any atom is 0.324 e. The second-order valence-electron chi connectivity index (χ2n) is 6.16. The second-order valence-corrected chi connectivity index (χ2v) is 7.47. The van der Waals surface area contributed by atoms with Gasteiger partial charge < -0.3 is 9.64 Å². The number of amides is 1. The molecule has 0 spiro atoms. The zero-order chi connectivity index (χ0) is 16.7. The van der Waals surface area contributed by atoms with Crippen LogP contribution in [0.1, 0.15) is 10.4 Å². The van der Waals surface area contributed by atoms with E-state index in [1.54, 1.807) is 11.8 Å². The molecule has 1 fully saturated rings. The molecular weight excluding hydrogens is 324 g/mol. The molecule has 0 bridgehead atoms. The van der Waals surface area contributed by atoms with Gasteiger partial charge in [0.15, 0.2) is 11.9 Å². The molecule has 1 N–H and O–H groups in total. The zero-order valence-corrected chi connectivity index (χ0v) is 14.3. The average Bonchev–Trinajstić information content (AvgIpc) is 2.89. The Hall–Kier alpha value is -2.05. The summed E-state index contributed by atoms with van der Waals surface area (Å²) in [6, 6.07) is 11.9. The first kappa shape index (κ1) is 15.5. The predicted octanol–water partition coefficient (Wildman–Crippen LogP) is 0.931. The largest absolute Gasteiger partial charge is 0.468 e. The highest BCUT2D eigenvalue weighted by atomic mass is 32.2. The van der Waals surface area contributed by atoms with Crippen LogP contribution in [0, 0.1) is 0 Å². The Morgan fingerprint density at radius 1 is 1.33 bits per heavy atom. The highest BCUT2D eigenvalue weighted by Crippen LogP contribution is 2.36. The van der Waals surface area contributed by atoms with Crippen LogP contribution in [0.5, 0.6) is 0 Å². The summed E-state index contributed by atoms with van der Waals surface area (Å²) in [5.41, 5.74) is 1.76. The third-order valence-corrected chi connectivity index (χ3v) is 5.94. The Morgan fingerprint density at radius 3 is 2.92 bits per heavy atom. The summed E-state index contributed by atoms with van der Waals surface area (Å²) in [5, 5.41) is 1.99. The minimum Gasteiger partial charge on any atom is -0.468 e. The highest BCUT2D eigenvalue weighted by molar-refractivity contribution is 8.00. The normalized spacial score (nSPS) is 22.9. The number of carbonyl (C=O) groups excluding carboxylic acids is 2. The maximum absolute atomic E-state index is 12.8. The van der Waals surface area contributed by atoms with Crippen molar-refractivity contribution in [2.45, 2.75) is 5.25 Å². The quantitative estimate of drug-likeness (QED) is 0.843. The molecule has 2 atom stereocenters. The van der Waals surface area contributed by atoms with Crippen molar-refractivity contribution in [3.8, 4) is 0 Å². The summed E-state index contributed by atoms with van der Waals surface area (Å²) in [6.45, 7) is 2.21. The zero-order valence-electron chi connectivity index (χ0n) is 13.5. The van der Waals surface area contributed by atoms with Crippen molar-refractivity contribution >= 4 is 40.1 Å². The van der Waals surface area contributed by atoms with Crippen LogP contribution in [0.15, 0.2) is 36.4 Å². The number of ether oxygens (including phenoxy) is 1. The lowest BCUT2D eigenvalue weighted by atomic mass is 10.1. The molecule has 0 aliphatic carbocycles. The van der Waals surface area contributed by atoms with Gasteiger partial charge in [0.05, 0.1) is 24.9 Å². The number of rotatable bonds is 3. The highest BCUT2D eigenvalue weighted by Gasteiger charge is 2.35. The van der Waals surface area contributed by atoms with Crippen molar-refractivity contribution in [2.24, 2.45) is 0 Å². The fraction of sp³-hybridized carbons (Fsp3) is 0.333. The maximum atomic E-state index is 12.8. The molecule has 2 heterocycles. The van der Waals surface area contributed by atoms with E-state index in [1.165, 1.54) is 12.0 Å². The van der Waals surface area contributed by atoms with Crippen molar-refractivity contribution in [1.82, 2.24) is 0 Å². The van der Waals surface area contributed by atoms with Crippen LogP contribution in [0.3, 0.4) is 0 Å². The minimum absolute atomic E-state index is 0.0575. The van der Waals surface area contributed by atoms with Crippen LogP contribution >= 0.6 is 11.8 Å². The standard InChI is InChI=1S/C18H18N2O3S/c1-23-18(22)15-10-19(8-9-24-15)11-20-14-7-3-5-12-4-2-6-13(16(12)14)17(20)21/h2-7,15H,8-11H2,1H3/p+1/t15-/m1/s1. The van der Waals surface area contributed by atoms with E-state index < -0.39 is 0 Å². The van der Waals surface area contributed by atoms with Gasteiger partial charge in [-0.1, -0.05) is 24.3 Å². The van der Waals surface area contributed by atoms with E-state index in [9.17, 15) is 9.59 Å². The van der Waals surface area contributed by atoms with Gasteiger partial charge in [0, 0.05) is 11.1 Å². The topological polar surface area (TPSA) is 51.1 Å². The molecule has 0 saturated carbocycles. The first-order valence-corrected chi connectivity index (χ1v) is 9.10. The van der Waals surface area contributed by atoms with E-state index >= 15 is 0 Å². The lowest BCUT2D eigenvalue weighted by molar-refractivity contribution is -0.896. The van der Waals surface area contributed by atoms with Crippen molar-refractivity contribution in [1.29, 1.82) is 0 Å². The number of nitrogens with one attached hydrogen (secondary N) is 1. The predicted molar refractivity (Wildman–Crippen MR) is 94.6 cm³/mol. The number of anilines is 1. The van der Waals surface area contributed by atoms with Crippen molar-refractivity contribution in [2.75, 3.05) is 37.5 Å². The molecule has 2 aromatic rings. The third kappa shape index (κ3) is 2.46. The molecule has 0 radical (unpaired) electrons. The van der Waals surface area contributed by atoms with E-state index in [0.29, 0.717) is 13.2 Å². The summed E-state index contributed by atoms with van der Waals surface area (Å²) in [5.74, 6) is 0.784. The molecule has 2 aliphatic heterocycles. The smallest absolute Gasteiger partial charge is 0.324 e. The summed E-state index contributed by atoms with van der Waals surface area (Å²) in [4.78, 5) is 27.7. The van der Waals surface area contributed by atoms with Crippen molar-refractivity contribution in [3.05, 3.63) is 42.0 Å². The van der Waals surface area contributed by atoms with Gasteiger partial charge in [-0.05, 0) is 17.5 Å². The molecule has 1 unspecified atom stereocenters. The van der Waals surface area contributed by atoms with Gasteiger partial charge >= 0.3 is 5.97 Å². The number of nitrogens with zero attached hydrogens (tertiary/aromatic N) is 1. The van der Waals surface area contributed by atoms with Crippen molar-refractivity contribution in [3.63, 3.8) is 0 Å². The molecular formula is C18H19N2O3S+. The van der Waals surface area contributed by atoms with E-state index in [-0.39, 0.29) is 17.1 Å². The number of benzene rings is 2. The molecule has 24 heavy (non-hydrogen) atoms. The molecule has 0 aromatic heterocycles. The van der Waals surface area contributed by atoms with Gasteiger partial charge in [0.2, 0.25) is 0 Å². The van der Waals surface area contributed by atoms with E-state index in [4.69, 9.17) is 4.74 Å². The Morgan fingerprint density at radius 2 is 2.12 bits per heavy atom. The summed E-state index contributed by atoms with van der Waals surface area (Å²) in [7, 11) is 1.43. The second kappa shape index (κ2) is 6.11. The van der Waals surface area contributed by atoms with E-state index in [0.717, 1.165) is 34.3 Å². The van der Waals surface area contributed by atoms with Gasteiger partial charge in [0.25, 0.3) is 5.91 Å². The Bertz CT molecular complexity index is 818. The van der Waals surface area contributed by atoms with E-state index in [1.807, 2.05) is 41.3 Å². The number of quaternary nitrogens is 1. The minimum atomic E-state index is -0.171. The van der Waals surface area contributed by atoms with Crippen LogP contribution in [0.4, 0.5) is 5.69 Å². The van der Waals surface area contributed by atoms with Gasteiger partial charge in [-0.2, -0.15) is 0 Å². The van der Waals surface area contributed by atoms with Crippen LogP contribution in [0.25, 0.3) is 10.8 Å². The third-order valence-electron chi connectivity index (χ3n) is 4.74. The first-order chi connectivity index (χ1) is 11.7. The van der Waals surface area contributed by atoms with Crippen LogP contribution in [-0.2, 0) is 9.53 Å². The number of methoxy groups -OCH3 is 1. The van der Waals surface area contributed by atoms with Crippen LogP contribution in [-0.4, -0.2) is 49.7 Å². The summed E-state index contributed by atoms with van der Waals surface area (Å²) >= 11 is 1.64. The molecule has 6 heteroatoms. The van der Waals surface area contributed by atoms with E-state index in [2.05, 4.69) is 0 Å². The van der Waals surface area contributed by atoms with Crippen LogP contribution < -0.4 is 9.80 Å². The van der Waals surface area contributed by atoms with Gasteiger partial charge in [-0.25, -0.2) is 0 Å². The number of carbonyl (C=O) groups is 2. The summed E-state index contributed by atoms with van der Waals surface area (Å²) in [6.07, 6.45) is 0. The fourth-order valence-electron chi connectivity index (χ4n) is 3.55. The van der Waals surface area contributed by atoms with Gasteiger partial charge in [-0.3, -0.25) is 14.5 Å². The molecule has 5 nitrogen and oxygen atoms in total. The van der Waals surface area contributed by atoms with Gasteiger partial charge in [0.1, 0.15) is 6.54 Å². The van der Waals surface area contributed by atoms with Crippen molar-refractivity contribution < 1.29 is 19.2 Å². The number of thioether (sulfide) groups is 1. The number of hydrogen-bond acceptors (Lipinski definition) is 4. The van der Waals surface area contributed by atoms with Crippen LogP contribution in [0.2, 0.25) is 0 Å². The lowest BCUT2D eigenvalue weighted by Crippen LogP contribution is -3.16. The summed E-state index contributed by atoms with van der Waals surface area (Å²) < 4.78 is 4.87. The monoisotopic (exact) mass is 343 g/mol. The number of hydrogen-bond donors (Lipinski definition) is 1. The molecule has 4 rings (SSSR count). The molecule has 2 aromatic carbocycles.